The van der Waals surface area contributed by atoms with E-state index in [-0.39, 0.29) is 12.1 Å². The maximum Gasteiger partial charge on any atom is 0.119 e. The first kappa shape index (κ1) is 18.0. The number of nitrogens with zero attached hydrogens (tertiary/aromatic N) is 3. The maximum absolute atomic E-state index is 10.6. The highest BCUT2D eigenvalue weighted by atomic mass is 16.5. The number of β-amino-alcohol motifs (C(OH)–C–C–N with tert-alkyl or cyclic N) is 1. The van der Waals surface area contributed by atoms with E-state index in [0.717, 1.165) is 71.1 Å². The summed E-state index contributed by atoms with van der Waals surface area (Å²) < 4.78 is 10.7. The number of piperidine rings is 1. The number of hydrogen-bond donors (Lipinski definition) is 1. The van der Waals surface area contributed by atoms with Crippen molar-refractivity contribution in [2.24, 2.45) is 0 Å². The van der Waals surface area contributed by atoms with E-state index in [1.54, 1.807) is 7.11 Å². The molecular weight excluding hydrogens is 330 g/mol. The summed E-state index contributed by atoms with van der Waals surface area (Å²) >= 11 is 0. The van der Waals surface area contributed by atoms with Gasteiger partial charge in [0.15, 0.2) is 0 Å². The van der Waals surface area contributed by atoms with Gasteiger partial charge >= 0.3 is 0 Å². The summed E-state index contributed by atoms with van der Waals surface area (Å²) in [6.45, 7) is 7.45. The lowest BCUT2D eigenvalue weighted by molar-refractivity contribution is -0.00629. The number of morpholine rings is 1. The van der Waals surface area contributed by atoms with Crippen LogP contribution in [0, 0.1) is 0 Å². The zero-order chi connectivity index (χ0) is 17.9. The van der Waals surface area contributed by atoms with Crippen LogP contribution in [0.2, 0.25) is 0 Å². The number of methoxy groups -OCH3 is 1. The Morgan fingerprint density at radius 2 is 1.65 bits per heavy atom. The van der Waals surface area contributed by atoms with Crippen LogP contribution in [0.4, 0.5) is 5.69 Å². The van der Waals surface area contributed by atoms with Crippen LogP contribution in [-0.2, 0) is 4.74 Å². The zero-order valence-electron chi connectivity index (χ0n) is 15.7. The molecular formula is C20H31N3O3. The minimum atomic E-state index is -0.229. The van der Waals surface area contributed by atoms with Gasteiger partial charge in [0.05, 0.1) is 26.4 Å². The quantitative estimate of drug-likeness (QED) is 0.865. The second kappa shape index (κ2) is 8.13. The summed E-state index contributed by atoms with van der Waals surface area (Å²) in [5.74, 6) is 0.906. The van der Waals surface area contributed by atoms with Crippen LogP contribution in [0.1, 0.15) is 12.8 Å². The molecule has 3 aliphatic heterocycles. The summed E-state index contributed by atoms with van der Waals surface area (Å²) in [5.41, 5.74) is 1.27. The fourth-order valence-electron chi connectivity index (χ4n) is 4.65. The van der Waals surface area contributed by atoms with Crippen molar-refractivity contribution in [3.05, 3.63) is 24.3 Å². The molecule has 0 unspecified atom stereocenters. The second-order valence-corrected chi connectivity index (χ2v) is 7.65. The van der Waals surface area contributed by atoms with Crippen molar-refractivity contribution in [2.75, 3.05) is 64.5 Å². The van der Waals surface area contributed by atoms with Crippen LogP contribution < -0.4 is 9.64 Å². The number of likely N-dealkylation sites (tertiary alicyclic amines) is 1. The Kier molecular flexibility index (Phi) is 5.64. The van der Waals surface area contributed by atoms with Crippen molar-refractivity contribution in [1.82, 2.24) is 9.80 Å². The third-order valence-corrected chi connectivity index (χ3v) is 6.22. The lowest BCUT2D eigenvalue weighted by Gasteiger charge is -2.38. The van der Waals surface area contributed by atoms with Gasteiger partial charge in [-0.15, -0.1) is 0 Å². The van der Waals surface area contributed by atoms with Gasteiger partial charge in [-0.05, 0) is 37.1 Å². The summed E-state index contributed by atoms with van der Waals surface area (Å²) in [6, 6.07) is 9.22. The molecule has 6 heteroatoms. The number of benzene rings is 1. The van der Waals surface area contributed by atoms with Crippen molar-refractivity contribution < 1.29 is 14.6 Å². The molecule has 3 aliphatic rings. The third kappa shape index (κ3) is 3.83. The molecule has 2 atom stereocenters. The lowest BCUT2D eigenvalue weighted by Crippen LogP contribution is -2.49. The highest BCUT2D eigenvalue weighted by molar-refractivity contribution is 5.49. The van der Waals surface area contributed by atoms with E-state index in [0.29, 0.717) is 6.04 Å². The Bertz CT molecular complexity index is 568. The molecule has 4 rings (SSSR count). The molecule has 0 aromatic heterocycles. The molecule has 1 N–H and O–H groups in total. The number of hydrogen-bond acceptors (Lipinski definition) is 6. The predicted molar refractivity (Wildman–Crippen MR) is 102 cm³/mol. The van der Waals surface area contributed by atoms with Crippen molar-refractivity contribution in [3.63, 3.8) is 0 Å². The van der Waals surface area contributed by atoms with Crippen LogP contribution in [0.25, 0.3) is 0 Å². The smallest absolute Gasteiger partial charge is 0.119 e. The first-order valence-corrected chi connectivity index (χ1v) is 9.87. The van der Waals surface area contributed by atoms with Gasteiger partial charge in [0.2, 0.25) is 0 Å². The molecule has 0 amide bonds. The van der Waals surface area contributed by atoms with Gasteiger partial charge < -0.3 is 19.5 Å². The fraction of sp³-hybridized carbons (Fsp3) is 0.700. The van der Waals surface area contributed by atoms with Crippen LogP contribution in [0.3, 0.4) is 0 Å². The average molecular weight is 361 g/mol. The Labute approximate surface area is 156 Å². The summed E-state index contributed by atoms with van der Waals surface area (Å²) in [5, 5.41) is 10.6. The summed E-state index contributed by atoms with van der Waals surface area (Å²) in [4.78, 5) is 7.40. The maximum atomic E-state index is 10.6. The van der Waals surface area contributed by atoms with Crippen molar-refractivity contribution in [2.45, 2.75) is 31.0 Å². The highest BCUT2D eigenvalue weighted by Gasteiger charge is 2.39. The standard InChI is InChI=1S/C20H31N3O3/c1-25-18-4-2-16(3-5-18)21-8-6-17(7-9-21)23-14-19(20(24)15-23)22-10-12-26-13-11-22/h2-5,17,19-20,24H,6-15H2,1H3/t19-,20-/m0/s1. The van der Waals surface area contributed by atoms with Crippen molar-refractivity contribution in [3.8, 4) is 5.75 Å². The van der Waals surface area contributed by atoms with Crippen molar-refractivity contribution >= 4 is 5.69 Å². The van der Waals surface area contributed by atoms with Crippen LogP contribution >= 0.6 is 0 Å². The Morgan fingerprint density at radius 1 is 0.962 bits per heavy atom. The lowest BCUT2D eigenvalue weighted by atomic mass is 10.0. The minimum absolute atomic E-state index is 0.229. The van der Waals surface area contributed by atoms with Gasteiger partial charge in [0, 0.05) is 57.0 Å². The van der Waals surface area contributed by atoms with E-state index in [9.17, 15) is 5.11 Å². The molecule has 144 valence electrons. The van der Waals surface area contributed by atoms with Crippen LogP contribution in [0.5, 0.6) is 5.75 Å². The Morgan fingerprint density at radius 3 is 2.31 bits per heavy atom. The van der Waals surface area contributed by atoms with Crippen molar-refractivity contribution in [1.29, 1.82) is 0 Å². The van der Waals surface area contributed by atoms with E-state index in [4.69, 9.17) is 9.47 Å². The first-order chi connectivity index (χ1) is 12.7. The monoisotopic (exact) mass is 361 g/mol. The topological polar surface area (TPSA) is 48.4 Å². The predicted octanol–water partition coefficient (Wildman–Crippen LogP) is 1.04. The average Bonchev–Trinajstić information content (AvgIpc) is 3.10. The molecule has 0 spiro atoms. The van der Waals surface area contributed by atoms with Gasteiger partial charge in [-0.2, -0.15) is 0 Å². The van der Waals surface area contributed by atoms with E-state index >= 15 is 0 Å². The van der Waals surface area contributed by atoms with E-state index in [1.807, 2.05) is 12.1 Å². The summed E-state index contributed by atoms with van der Waals surface area (Å²) in [6.07, 6.45) is 2.09. The minimum Gasteiger partial charge on any atom is -0.497 e. The fourth-order valence-corrected chi connectivity index (χ4v) is 4.65. The normalized spacial score (nSPS) is 29.2. The van der Waals surface area contributed by atoms with E-state index in [1.165, 1.54) is 5.69 Å². The second-order valence-electron chi connectivity index (χ2n) is 7.65. The molecule has 1 aromatic rings. The zero-order valence-corrected chi connectivity index (χ0v) is 15.7. The number of ether oxygens (including phenoxy) is 2. The molecule has 1 aromatic carbocycles. The molecule has 26 heavy (non-hydrogen) atoms. The number of rotatable bonds is 4. The molecule has 0 bridgehead atoms. The summed E-state index contributed by atoms with van der Waals surface area (Å²) in [7, 11) is 1.70. The van der Waals surface area contributed by atoms with Gasteiger partial charge in [-0.25, -0.2) is 0 Å². The van der Waals surface area contributed by atoms with E-state index in [2.05, 4.69) is 26.8 Å². The third-order valence-electron chi connectivity index (χ3n) is 6.22. The number of aliphatic hydroxyl groups excluding tert-OH is 1. The molecule has 3 fully saturated rings. The molecule has 0 saturated carbocycles. The Balaban J connectivity index is 1.30. The SMILES string of the molecule is COc1ccc(N2CCC(N3C[C@H](O)[C@@H](N4CCOCC4)C3)CC2)cc1. The highest BCUT2D eigenvalue weighted by Crippen LogP contribution is 2.27. The number of aliphatic hydroxyl groups is 1. The first-order valence-electron chi connectivity index (χ1n) is 9.87. The Hall–Kier alpha value is -1.34. The molecule has 3 heterocycles. The van der Waals surface area contributed by atoms with Crippen LogP contribution in [-0.4, -0.2) is 92.7 Å². The van der Waals surface area contributed by atoms with Gasteiger partial charge in [0.25, 0.3) is 0 Å². The van der Waals surface area contributed by atoms with Gasteiger partial charge in [-0.3, -0.25) is 9.80 Å². The van der Waals surface area contributed by atoms with Crippen LogP contribution in [0.15, 0.2) is 24.3 Å². The largest absolute Gasteiger partial charge is 0.497 e. The van der Waals surface area contributed by atoms with Gasteiger partial charge in [0.1, 0.15) is 5.75 Å². The van der Waals surface area contributed by atoms with Gasteiger partial charge in [-0.1, -0.05) is 0 Å². The van der Waals surface area contributed by atoms with E-state index < -0.39 is 0 Å². The number of anilines is 1. The molecule has 6 nitrogen and oxygen atoms in total. The molecule has 0 radical (unpaired) electrons. The molecule has 3 saturated heterocycles. The molecule has 0 aliphatic carbocycles.